The molecule has 2 amide bonds. The summed E-state index contributed by atoms with van der Waals surface area (Å²) in [4.78, 5) is 23.4. The molecule has 2 aromatic rings. The van der Waals surface area contributed by atoms with E-state index in [0.29, 0.717) is 11.3 Å². The van der Waals surface area contributed by atoms with Crippen LogP contribution in [0.5, 0.6) is 5.75 Å². The molecule has 0 saturated heterocycles. The highest BCUT2D eigenvalue weighted by molar-refractivity contribution is 6.43. The number of hydrogen-bond acceptors (Lipinski definition) is 3. The van der Waals surface area contributed by atoms with E-state index < -0.39 is 29.1 Å². The molecule has 0 aromatic heterocycles. The van der Waals surface area contributed by atoms with Crippen molar-refractivity contribution >= 4 is 23.2 Å². The van der Waals surface area contributed by atoms with Gasteiger partial charge in [-0.05, 0) is 42.8 Å². The number of phenols is 1. The molecule has 5 nitrogen and oxygen atoms in total. The van der Waals surface area contributed by atoms with Gasteiger partial charge in [-0.1, -0.05) is 0 Å². The Morgan fingerprint density at radius 3 is 2.23 bits per heavy atom. The predicted octanol–water partition coefficient (Wildman–Crippen LogP) is 2.56. The number of benzene rings is 2. The number of aromatic hydroxyl groups is 1. The van der Waals surface area contributed by atoms with Gasteiger partial charge < -0.3 is 15.7 Å². The maximum absolute atomic E-state index is 13.4. The molecule has 0 aliphatic rings. The number of rotatable bonds is 2. The van der Waals surface area contributed by atoms with Gasteiger partial charge in [-0.3, -0.25) is 9.59 Å². The highest BCUT2D eigenvalue weighted by atomic mass is 19.1. The minimum Gasteiger partial charge on any atom is -0.508 e. The lowest BCUT2D eigenvalue weighted by Gasteiger charge is -2.09. The number of halogens is 2. The normalized spacial score (nSPS) is 10.1. The van der Waals surface area contributed by atoms with Crippen molar-refractivity contribution in [2.45, 2.75) is 6.92 Å². The molecule has 2 rings (SSSR count). The summed E-state index contributed by atoms with van der Waals surface area (Å²) in [5.74, 6) is -3.77. The van der Waals surface area contributed by atoms with E-state index in [-0.39, 0.29) is 5.75 Å². The van der Waals surface area contributed by atoms with E-state index in [2.05, 4.69) is 5.32 Å². The number of carbonyl (C=O) groups is 2. The first-order chi connectivity index (χ1) is 10.4. The molecule has 22 heavy (non-hydrogen) atoms. The van der Waals surface area contributed by atoms with Crippen molar-refractivity contribution in [2.24, 2.45) is 0 Å². The van der Waals surface area contributed by atoms with Crippen molar-refractivity contribution in [3.8, 4) is 5.75 Å². The minimum atomic E-state index is -1.14. The van der Waals surface area contributed by atoms with Crippen molar-refractivity contribution < 1.29 is 23.5 Å². The molecule has 0 spiro atoms. The van der Waals surface area contributed by atoms with E-state index in [1.807, 2.05) is 5.32 Å². The summed E-state index contributed by atoms with van der Waals surface area (Å²) in [5, 5.41) is 13.6. The second-order valence-electron chi connectivity index (χ2n) is 4.53. The Morgan fingerprint density at radius 1 is 0.955 bits per heavy atom. The van der Waals surface area contributed by atoms with E-state index in [0.717, 1.165) is 18.2 Å². The molecule has 0 fully saturated rings. The standard InChI is InChI=1S/C15H12F2N2O3/c1-8-6-10(20)3-5-12(8)18-14(21)15(22)19-13-7-9(16)2-4-11(13)17/h2-7,20H,1H3,(H,18,21)(H,19,22). The molecule has 0 bridgehead atoms. The van der Waals surface area contributed by atoms with Gasteiger partial charge in [-0.15, -0.1) is 0 Å². The van der Waals surface area contributed by atoms with Crippen molar-refractivity contribution in [2.75, 3.05) is 10.6 Å². The number of nitrogens with one attached hydrogen (secondary N) is 2. The zero-order chi connectivity index (χ0) is 16.3. The number of aryl methyl sites for hydroxylation is 1. The second kappa shape index (κ2) is 6.21. The summed E-state index contributed by atoms with van der Waals surface area (Å²) in [7, 11) is 0. The van der Waals surface area contributed by atoms with Gasteiger partial charge in [-0.2, -0.15) is 0 Å². The SMILES string of the molecule is Cc1cc(O)ccc1NC(=O)C(=O)Nc1cc(F)ccc1F. The molecule has 0 aliphatic heterocycles. The first kappa shape index (κ1) is 15.4. The van der Waals surface area contributed by atoms with E-state index in [4.69, 9.17) is 0 Å². The van der Waals surface area contributed by atoms with Crippen LogP contribution in [0.15, 0.2) is 36.4 Å². The quantitative estimate of drug-likeness (QED) is 0.589. The van der Waals surface area contributed by atoms with Crippen LogP contribution in [-0.4, -0.2) is 16.9 Å². The van der Waals surface area contributed by atoms with Gasteiger partial charge in [0.05, 0.1) is 5.69 Å². The molecule has 3 N–H and O–H groups in total. The van der Waals surface area contributed by atoms with Gasteiger partial charge in [0, 0.05) is 11.8 Å². The highest BCUT2D eigenvalue weighted by Gasteiger charge is 2.17. The van der Waals surface area contributed by atoms with Gasteiger partial charge in [0.1, 0.15) is 17.4 Å². The molecular formula is C15H12F2N2O3. The number of anilines is 2. The van der Waals surface area contributed by atoms with Crippen molar-refractivity contribution in [1.82, 2.24) is 0 Å². The number of amides is 2. The molecule has 0 atom stereocenters. The van der Waals surface area contributed by atoms with E-state index in [1.54, 1.807) is 6.92 Å². The third-order valence-corrected chi connectivity index (χ3v) is 2.84. The molecular weight excluding hydrogens is 294 g/mol. The van der Waals surface area contributed by atoms with Crippen LogP contribution in [0, 0.1) is 18.6 Å². The third kappa shape index (κ3) is 3.57. The Labute approximate surface area is 124 Å². The van der Waals surface area contributed by atoms with Gasteiger partial charge in [-0.25, -0.2) is 8.78 Å². The van der Waals surface area contributed by atoms with Gasteiger partial charge >= 0.3 is 11.8 Å². The van der Waals surface area contributed by atoms with Crippen LogP contribution < -0.4 is 10.6 Å². The highest BCUT2D eigenvalue weighted by Crippen LogP contribution is 2.20. The van der Waals surface area contributed by atoms with Crippen molar-refractivity contribution in [3.05, 3.63) is 53.6 Å². The van der Waals surface area contributed by atoms with Crippen molar-refractivity contribution in [3.63, 3.8) is 0 Å². The van der Waals surface area contributed by atoms with Crippen molar-refractivity contribution in [1.29, 1.82) is 0 Å². The van der Waals surface area contributed by atoms with Gasteiger partial charge in [0.2, 0.25) is 0 Å². The number of carbonyl (C=O) groups excluding carboxylic acids is 2. The summed E-state index contributed by atoms with van der Waals surface area (Å²) in [6.07, 6.45) is 0. The summed E-state index contributed by atoms with van der Waals surface area (Å²) in [6.45, 7) is 1.62. The molecule has 7 heteroatoms. The zero-order valence-corrected chi connectivity index (χ0v) is 11.5. The Morgan fingerprint density at radius 2 is 1.59 bits per heavy atom. The van der Waals surface area contributed by atoms with Gasteiger partial charge in [0.25, 0.3) is 0 Å². The minimum absolute atomic E-state index is 0.0155. The zero-order valence-electron chi connectivity index (χ0n) is 11.5. The van der Waals surface area contributed by atoms with Gasteiger partial charge in [0.15, 0.2) is 0 Å². The summed E-state index contributed by atoms with van der Waals surface area (Å²) >= 11 is 0. The van der Waals surface area contributed by atoms with Crippen LogP contribution >= 0.6 is 0 Å². The lowest BCUT2D eigenvalue weighted by atomic mass is 10.2. The Bertz CT molecular complexity index is 748. The van der Waals surface area contributed by atoms with Crippen LogP contribution in [0.25, 0.3) is 0 Å². The Hall–Kier alpha value is -2.96. The summed E-state index contributed by atoms with van der Waals surface area (Å²) < 4.78 is 26.4. The predicted molar refractivity (Wildman–Crippen MR) is 76.5 cm³/mol. The Balaban J connectivity index is 2.09. The number of hydrogen-bond donors (Lipinski definition) is 3. The molecule has 0 radical (unpaired) electrons. The third-order valence-electron chi connectivity index (χ3n) is 2.84. The monoisotopic (exact) mass is 306 g/mol. The van der Waals surface area contributed by atoms with E-state index >= 15 is 0 Å². The molecule has 0 heterocycles. The van der Waals surface area contributed by atoms with E-state index in [1.165, 1.54) is 18.2 Å². The Kier molecular flexibility index (Phi) is 4.36. The topological polar surface area (TPSA) is 78.4 Å². The fraction of sp³-hybridized carbons (Fsp3) is 0.0667. The first-order valence-corrected chi connectivity index (χ1v) is 6.24. The van der Waals surface area contributed by atoms with Crippen LogP contribution in [0.1, 0.15) is 5.56 Å². The largest absolute Gasteiger partial charge is 0.508 e. The first-order valence-electron chi connectivity index (χ1n) is 6.24. The molecule has 0 aliphatic carbocycles. The fourth-order valence-corrected chi connectivity index (χ4v) is 1.74. The van der Waals surface area contributed by atoms with Crippen LogP contribution in [0.3, 0.4) is 0 Å². The van der Waals surface area contributed by atoms with Crippen LogP contribution in [0.2, 0.25) is 0 Å². The fourth-order valence-electron chi connectivity index (χ4n) is 1.74. The summed E-state index contributed by atoms with van der Waals surface area (Å²) in [6, 6.07) is 6.66. The van der Waals surface area contributed by atoms with Crippen LogP contribution in [0.4, 0.5) is 20.2 Å². The lowest BCUT2D eigenvalue weighted by Crippen LogP contribution is -2.29. The second-order valence-corrected chi connectivity index (χ2v) is 4.53. The molecule has 114 valence electrons. The van der Waals surface area contributed by atoms with E-state index in [9.17, 15) is 23.5 Å². The van der Waals surface area contributed by atoms with Crippen LogP contribution in [-0.2, 0) is 9.59 Å². The molecule has 0 unspecified atom stereocenters. The molecule has 2 aromatic carbocycles. The maximum Gasteiger partial charge on any atom is 0.314 e. The summed E-state index contributed by atoms with van der Waals surface area (Å²) in [5.41, 5.74) is 0.429. The number of phenolic OH excluding ortho intramolecular Hbond substituents is 1. The average Bonchev–Trinajstić information content (AvgIpc) is 2.45. The lowest BCUT2D eigenvalue weighted by molar-refractivity contribution is -0.133. The maximum atomic E-state index is 13.4. The molecule has 0 saturated carbocycles. The smallest absolute Gasteiger partial charge is 0.314 e. The average molecular weight is 306 g/mol.